The molecule has 27 heavy (non-hydrogen) atoms. The van der Waals surface area contributed by atoms with Crippen molar-refractivity contribution in [3.63, 3.8) is 0 Å². The minimum Gasteiger partial charge on any atom is -0.493 e. The van der Waals surface area contributed by atoms with Crippen molar-refractivity contribution < 1.29 is 14.3 Å². The molecule has 144 valence electrons. The standard InChI is InChI=1S/C22H28N2O3/c1-6-7-11-26-20-13-16(2)22(17(3)14-20)27-12-10-19-8-9-21(23-15-19)18(4)24-25-5/h6-9,13-15H,10-12H2,1-5H3/b7-6+,24-18+. The largest absolute Gasteiger partial charge is 0.493 e. The Balaban J connectivity index is 1.94. The zero-order valence-corrected chi connectivity index (χ0v) is 16.8. The molecule has 0 aliphatic carbocycles. The van der Waals surface area contributed by atoms with E-state index in [2.05, 4.69) is 10.1 Å². The minimum atomic E-state index is 0.577. The van der Waals surface area contributed by atoms with Crippen LogP contribution in [0.5, 0.6) is 11.5 Å². The SMILES string of the molecule is C/C=C/COc1cc(C)c(OCCc2ccc(/C(C)=N/OC)nc2)c(C)c1. The highest BCUT2D eigenvalue weighted by Gasteiger charge is 2.08. The predicted molar refractivity (Wildman–Crippen MR) is 109 cm³/mol. The molecule has 0 radical (unpaired) electrons. The van der Waals surface area contributed by atoms with Crippen LogP contribution in [0.2, 0.25) is 0 Å². The van der Waals surface area contributed by atoms with Crippen LogP contribution in [-0.4, -0.2) is 31.0 Å². The van der Waals surface area contributed by atoms with Gasteiger partial charge in [-0.2, -0.15) is 0 Å². The number of ether oxygens (including phenoxy) is 2. The Morgan fingerprint density at radius 1 is 1.15 bits per heavy atom. The lowest BCUT2D eigenvalue weighted by Crippen LogP contribution is -2.06. The van der Waals surface area contributed by atoms with Crippen LogP contribution in [0.1, 0.15) is 36.2 Å². The van der Waals surface area contributed by atoms with Crippen LogP contribution >= 0.6 is 0 Å². The zero-order chi connectivity index (χ0) is 19.6. The molecule has 0 saturated carbocycles. The molecule has 2 aromatic rings. The number of hydrogen-bond acceptors (Lipinski definition) is 5. The third kappa shape index (κ3) is 6.13. The lowest BCUT2D eigenvalue weighted by atomic mass is 10.1. The van der Waals surface area contributed by atoms with E-state index < -0.39 is 0 Å². The molecule has 0 spiro atoms. The maximum atomic E-state index is 6.03. The van der Waals surface area contributed by atoms with Gasteiger partial charge >= 0.3 is 0 Å². The van der Waals surface area contributed by atoms with Gasteiger partial charge in [-0.3, -0.25) is 4.98 Å². The average molecular weight is 368 g/mol. The Kier molecular flexibility index (Phi) is 7.86. The first-order valence-corrected chi connectivity index (χ1v) is 9.06. The molecule has 0 fully saturated rings. The van der Waals surface area contributed by atoms with Crippen molar-refractivity contribution in [2.45, 2.75) is 34.1 Å². The lowest BCUT2D eigenvalue weighted by molar-refractivity contribution is 0.213. The van der Waals surface area contributed by atoms with Gasteiger partial charge < -0.3 is 14.3 Å². The molecule has 1 aromatic heterocycles. The predicted octanol–water partition coefficient (Wildman–Crippen LogP) is 4.65. The van der Waals surface area contributed by atoms with Gasteiger partial charge in [0.2, 0.25) is 0 Å². The first-order chi connectivity index (χ1) is 13.0. The van der Waals surface area contributed by atoms with E-state index >= 15 is 0 Å². The van der Waals surface area contributed by atoms with Crippen molar-refractivity contribution in [2.24, 2.45) is 5.16 Å². The number of nitrogens with zero attached hydrogens (tertiary/aromatic N) is 2. The van der Waals surface area contributed by atoms with E-state index in [0.717, 1.165) is 46.0 Å². The number of rotatable bonds is 9. The molecule has 1 aromatic carbocycles. The van der Waals surface area contributed by atoms with Crippen LogP contribution in [0.4, 0.5) is 0 Å². The number of allylic oxidation sites excluding steroid dienone is 1. The summed E-state index contributed by atoms with van der Waals surface area (Å²) < 4.78 is 11.7. The Morgan fingerprint density at radius 3 is 2.48 bits per heavy atom. The highest BCUT2D eigenvalue weighted by atomic mass is 16.6. The zero-order valence-electron chi connectivity index (χ0n) is 16.8. The summed E-state index contributed by atoms with van der Waals surface area (Å²) in [6, 6.07) is 8.01. The van der Waals surface area contributed by atoms with Crippen molar-refractivity contribution in [1.29, 1.82) is 0 Å². The van der Waals surface area contributed by atoms with E-state index in [0.29, 0.717) is 13.2 Å². The minimum absolute atomic E-state index is 0.577. The van der Waals surface area contributed by atoms with Crippen molar-refractivity contribution in [3.8, 4) is 11.5 Å². The first-order valence-electron chi connectivity index (χ1n) is 9.06. The molecule has 0 saturated heterocycles. The van der Waals surface area contributed by atoms with Crippen LogP contribution in [0.25, 0.3) is 0 Å². The van der Waals surface area contributed by atoms with E-state index in [9.17, 15) is 0 Å². The van der Waals surface area contributed by atoms with Crippen LogP contribution in [0.3, 0.4) is 0 Å². The molecule has 0 bridgehead atoms. The van der Waals surface area contributed by atoms with Crippen molar-refractivity contribution in [1.82, 2.24) is 4.98 Å². The fourth-order valence-corrected chi connectivity index (χ4v) is 2.70. The second-order valence-electron chi connectivity index (χ2n) is 6.28. The molecular formula is C22H28N2O3. The number of benzene rings is 1. The van der Waals surface area contributed by atoms with E-state index in [1.54, 1.807) is 0 Å². The third-order valence-corrected chi connectivity index (χ3v) is 4.08. The van der Waals surface area contributed by atoms with Crippen LogP contribution in [0.15, 0.2) is 47.8 Å². The van der Waals surface area contributed by atoms with Gasteiger partial charge in [0.05, 0.1) is 12.3 Å². The molecule has 0 amide bonds. The summed E-state index contributed by atoms with van der Waals surface area (Å²) >= 11 is 0. The molecule has 0 aliphatic rings. The number of aromatic nitrogens is 1. The molecule has 0 N–H and O–H groups in total. The second kappa shape index (κ2) is 10.4. The highest BCUT2D eigenvalue weighted by Crippen LogP contribution is 2.28. The monoisotopic (exact) mass is 368 g/mol. The molecule has 0 aliphatic heterocycles. The number of oxime groups is 1. The summed E-state index contributed by atoms with van der Waals surface area (Å²) in [7, 11) is 1.53. The Morgan fingerprint density at radius 2 is 1.89 bits per heavy atom. The van der Waals surface area contributed by atoms with Gasteiger partial charge in [0.15, 0.2) is 0 Å². The molecule has 0 unspecified atom stereocenters. The molecule has 1 heterocycles. The highest BCUT2D eigenvalue weighted by molar-refractivity contribution is 5.96. The van der Waals surface area contributed by atoms with Crippen LogP contribution in [-0.2, 0) is 11.3 Å². The Bertz CT molecular complexity index is 773. The summed E-state index contributed by atoms with van der Waals surface area (Å²) in [4.78, 5) is 9.19. The van der Waals surface area contributed by atoms with E-state index in [-0.39, 0.29) is 0 Å². The van der Waals surface area contributed by atoms with Gasteiger partial charge in [-0.25, -0.2) is 0 Å². The number of hydrogen-bond donors (Lipinski definition) is 0. The fourth-order valence-electron chi connectivity index (χ4n) is 2.70. The van der Waals surface area contributed by atoms with Gasteiger partial charge in [-0.05, 0) is 62.6 Å². The molecule has 5 heteroatoms. The normalized spacial score (nSPS) is 11.7. The summed E-state index contributed by atoms with van der Waals surface area (Å²) in [5.74, 6) is 1.78. The molecule has 0 atom stereocenters. The van der Waals surface area contributed by atoms with Gasteiger partial charge in [0.1, 0.15) is 30.9 Å². The summed E-state index contributed by atoms with van der Waals surface area (Å²) in [6.45, 7) is 9.10. The quantitative estimate of drug-likeness (QED) is 0.367. The molecule has 2 rings (SSSR count). The van der Waals surface area contributed by atoms with E-state index in [1.807, 2.05) is 70.3 Å². The van der Waals surface area contributed by atoms with Crippen LogP contribution < -0.4 is 9.47 Å². The molecule has 5 nitrogen and oxygen atoms in total. The Hall–Kier alpha value is -2.82. The lowest BCUT2D eigenvalue weighted by Gasteiger charge is -2.14. The van der Waals surface area contributed by atoms with Crippen LogP contribution in [0, 0.1) is 13.8 Å². The first kappa shape index (κ1) is 20.5. The summed E-state index contributed by atoms with van der Waals surface area (Å²) in [5, 5.41) is 3.89. The second-order valence-corrected chi connectivity index (χ2v) is 6.28. The van der Waals surface area contributed by atoms with Crippen molar-refractivity contribution in [3.05, 3.63) is 65.0 Å². The van der Waals surface area contributed by atoms with E-state index in [4.69, 9.17) is 14.3 Å². The fraction of sp³-hybridized carbons (Fsp3) is 0.364. The Labute approximate surface area is 161 Å². The van der Waals surface area contributed by atoms with Crippen molar-refractivity contribution in [2.75, 3.05) is 20.3 Å². The smallest absolute Gasteiger partial charge is 0.125 e. The van der Waals surface area contributed by atoms with Gasteiger partial charge in [0, 0.05) is 12.6 Å². The van der Waals surface area contributed by atoms with Gasteiger partial charge in [-0.15, -0.1) is 0 Å². The maximum absolute atomic E-state index is 6.03. The van der Waals surface area contributed by atoms with Crippen molar-refractivity contribution >= 4 is 5.71 Å². The summed E-state index contributed by atoms with van der Waals surface area (Å²) in [5.41, 5.74) is 4.83. The number of pyridine rings is 1. The topological polar surface area (TPSA) is 52.9 Å². The van der Waals surface area contributed by atoms with Gasteiger partial charge in [-0.1, -0.05) is 23.4 Å². The molecular weight excluding hydrogens is 340 g/mol. The van der Waals surface area contributed by atoms with Gasteiger partial charge in [0.25, 0.3) is 0 Å². The summed E-state index contributed by atoms with van der Waals surface area (Å²) in [6.07, 6.45) is 6.60. The van der Waals surface area contributed by atoms with E-state index in [1.165, 1.54) is 7.11 Å². The average Bonchev–Trinajstić information content (AvgIpc) is 2.65. The number of aryl methyl sites for hydroxylation is 2. The maximum Gasteiger partial charge on any atom is 0.125 e. The third-order valence-electron chi connectivity index (χ3n) is 4.08.